The molecule has 1 aromatic heterocycles. The van der Waals surface area contributed by atoms with Crippen LogP contribution >= 0.6 is 7.53 Å². The standard InChI is InChI=1S/C40H49N2O2PSi/c1-26(2)46(27(3)4,28(5)6)44-38-35-22-21-34(43-10)25-36(35)45(39-30(8)23-29(7)24-31(39)9)40(38)42-41-37(32-17-13-11-14-18-32)33-19-15-12-16-20-33/h11-28,42H,1-10H3. The first-order valence-corrected chi connectivity index (χ1v) is 19.9. The second-order valence-corrected chi connectivity index (χ2v) is 20.8. The van der Waals surface area contributed by atoms with E-state index in [-0.39, 0.29) is 0 Å². The van der Waals surface area contributed by atoms with Crippen LogP contribution in [0, 0.1) is 20.8 Å². The molecule has 6 heteroatoms. The summed E-state index contributed by atoms with van der Waals surface area (Å²) in [6, 6.07) is 32.0. The average Bonchev–Trinajstić information content (AvgIpc) is 3.31. The second kappa shape index (κ2) is 13.9. The van der Waals surface area contributed by atoms with Gasteiger partial charge in [0.05, 0.1) is 12.8 Å². The van der Waals surface area contributed by atoms with Crippen LogP contribution in [-0.4, -0.2) is 21.1 Å². The minimum atomic E-state index is -2.34. The third kappa shape index (κ3) is 6.28. The predicted molar refractivity (Wildman–Crippen MR) is 203 cm³/mol. The molecule has 5 rings (SSSR count). The SMILES string of the molecule is COc1ccc2c(O[Si](C(C)C)(C(C)C)C(C)C)c(NN=C(c3ccccc3)c3ccccc3)p(-c3c(C)cc(C)cc3C)c2c1. The van der Waals surface area contributed by atoms with Crippen LogP contribution in [0.4, 0.5) is 5.42 Å². The number of rotatable bonds is 11. The van der Waals surface area contributed by atoms with Crippen molar-refractivity contribution in [1.29, 1.82) is 0 Å². The largest absolute Gasteiger partial charge is 0.541 e. The van der Waals surface area contributed by atoms with Gasteiger partial charge in [-0.15, -0.1) is 0 Å². The summed E-state index contributed by atoms with van der Waals surface area (Å²) in [5.74, 6) is 1.81. The van der Waals surface area contributed by atoms with Crippen LogP contribution in [0.2, 0.25) is 16.6 Å². The number of nitrogens with one attached hydrogen (secondary N) is 1. The molecule has 0 saturated heterocycles. The number of benzene rings is 4. The molecule has 46 heavy (non-hydrogen) atoms. The van der Waals surface area contributed by atoms with Crippen LogP contribution in [0.3, 0.4) is 0 Å². The van der Waals surface area contributed by atoms with Crippen LogP contribution in [0.15, 0.2) is 96.1 Å². The molecular weight excluding hydrogens is 600 g/mol. The zero-order chi connectivity index (χ0) is 33.2. The molecule has 1 unspecified atom stereocenters. The fourth-order valence-electron chi connectivity index (χ4n) is 7.45. The highest BCUT2D eigenvalue weighted by Crippen LogP contribution is 2.64. The van der Waals surface area contributed by atoms with Crippen molar-refractivity contribution in [3.8, 4) is 16.8 Å². The first-order chi connectivity index (χ1) is 22.0. The summed E-state index contributed by atoms with van der Waals surface area (Å²) in [5, 5.41) is 9.00. The van der Waals surface area contributed by atoms with Gasteiger partial charge in [-0.05, 0) is 66.7 Å². The molecule has 0 spiro atoms. The van der Waals surface area contributed by atoms with Crippen LogP contribution in [0.5, 0.6) is 11.5 Å². The van der Waals surface area contributed by atoms with Crippen LogP contribution in [0.1, 0.15) is 69.4 Å². The maximum atomic E-state index is 7.66. The maximum absolute atomic E-state index is 7.66. The van der Waals surface area contributed by atoms with E-state index < -0.39 is 15.9 Å². The van der Waals surface area contributed by atoms with Crippen molar-refractivity contribution < 1.29 is 9.16 Å². The number of hydrogen-bond donors (Lipinski definition) is 1. The summed E-state index contributed by atoms with van der Waals surface area (Å²) in [4.78, 5) is 0. The molecule has 0 aliphatic heterocycles. The normalized spacial score (nSPS) is 12.2. The lowest BCUT2D eigenvalue weighted by atomic mass is 10.0. The van der Waals surface area contributed by atoms with Crippen molar-refractivity contribution in [3.05, 3.63) is 119 Å². The van der Waals surface area contributed by atoms with Gasteiger partial charge in [-0.1, -0.05) is 127 Å². The molecule has 1 heterocycles. The Labute approximate surface area is 278 Å². The van der Waals surface area contributed by atoms with Gasteiger partial charge < -0.3 is 9.16 Å². The number of aryl methyl sites for hydroxylation is 3. The molecule has 1 N–H and O–H groups in total. The predicted octanol–water partition coefficient (Wildman–Crippen LogP) is 12.2. The summed E-state index contributed by atoms with van der Waals surface area (Å²) in [6.45, 7) is 20.8. The van der Waals surface area contributed by atoms with Gasteiger partial charge in [-0.3, -0.25) is 5.43 Å². The molecule has 1 atom stereocenters. The Bertz CT molecular complexity index is 1760. The van der Waals surface area contributed by atoms with E-state index in [2.05, 4.69) is 147 Å². The van der Waals surface area contributed by atoms with E-state index in [1.807, 2.05) is 12.1 Å². The molecule has 0 aliphatic carbocycles. The van der Waals surface area contributed by atoms with Gasteiger partial charge in [0.1, 0.15) is 16.9 Å². The van der Waals surface area contributed by atoms with Crippen LogP contribution in [0.25, 0.3) is 15.8 Å². The van der Waals surface area contributed by atoms with E-state index in [1.165, 1.54) is 27.1 Å². The van der Waals surface area contributed by atoms with Crippen molar-refractivity contribution in [2.75, 3.05) is 12.5 Å². The smallest absolute Gasteiger partial charge is 0.258 e. The van der Waals surface area contributed by atoms with Gasteiger partial charge in [-0.25, -0.2) is 0 Å². The lowest BCUT2D eigenvalue weighted by Crippen LogP contribution is -2.50. The van der Waals surface area contributed by atoms with Gasteiger partial charge in [-0.2, -0.15) is 5.10 Å². The zero-order valence-electron chi connectivity index (χ0n) is 29.1. The second-order valence-electron chi connectivity index (χ2n) is 13.4. The van der Waals surface area contributed by atoms with Crippen molar-refractivity contribution in [2.45, 2.75) is 78.9 Å². The highest BCUT2D eigenvalue weighted by atomic mass is 31.1. The Morgan fingerprint density at radius 1 is 0.717 bits per heavy atom. The first kappa shape index (κ1) is 33.6. The first-order valence-electron chi connectivity index (χ1n) is 16.4. The number of hydrogen-bond acceptors (Lipinski definition) is 4. The third-order valence-corrected chi connectivity index (χ3v) is 18.1. The number of ether oxygens (including phenoxy) is 1. The maximum Gasteiger partial charge on any atom is 0.258 e. The molecule has 4 aromatic carbocycles. The van der Waals surface area contributed by atoms with Crippen molar-refractivity contribution >= 4 is 37.5 Å². The Hall–Kier alpha value is -3.79. The van der Waals surface area contributed by atoms with E-state index >= 15 is 0 Å². The van der Waals surface area contributed by atoms with Gasteiger partial charge in [0.15, 0.2) is 0 Å². The van der Waals surface area contributed by atoms with E-state index in [4.69, 9.17) is 14.3 Å². The molecule has 240 valence electrons. The molecule has 0 bridgehead atoms. The number of fused-ring (bicyclic) bond motifs is 1. The van der Waals surface area contributed by atoms with Gasteiger partial charge in [0, 0.05) is 26.9 Å². The molecule has 0 amide bonds. The number of nitrogens with zero attached hydrogens (tertiary/aromatic N) is 1. The van der Waals surface area contributed by atoms with Crippen molar-refractivity contribution in [1.82, 2.24) is 0 Å². The van der Waals surface area contributed by atoms with Crippen molar-refractivity contribution in [2.24, 2.45) is 5.10 Å². The van der Waals surface area contributed by atoms with Crippen LogP contribution < -0.4 is 14.6 Å². The summed E-state index contributed by atoms with van der Waals surface area (Å²) in [7, 11) is -1.63. The topological polar surface area (TPSA) is 42.9 Å². The Morgan fingerprint density at radius 2 is 1.24 bits per heavy atom. The molecule has 0 fully saturated rings. The highest BCUT2D eigenvalue weighted by molar-refractivity contribution is 7.66. The van der Waals surface area contributed by atoms with Crippen molar-refractivity contribution in [3.63, 3.8) is 0 Å². The van der Waals surface area contributed by atoms with Crippen LogP contribution in [-0.2, 0) is 0 Å². The van der Waals surface area contributed by atoms with Gasteiger partial charge in [0.25, 0.3) is 8.32 Å². The summed E-state index contributed by atoms with van der Waals surface area (Å²) in [5.41, 5.74) is 12.9. The minimum Gasteiger partial charge on any atom is -0.541 e. The summed E-state index contributed by atoms with van der Waals surface area (Å²) < 4.78 is 13.5. The summed E-state index contributed by atoms with van der Waals surface area (Å²) >= 11 is 0. The lowest BCUT2D eigenvalue weighted by molar-refractivity contribution is 0.415. The van der Waals surface area contributed by atoms with E-state index in [0.717, 1.165) is 39.1 Å². The Morgan fingerprint density at radius 3 is 1.72 bits per heavy atom. The molecule has 0 radical (unpaired) electrons. The third-order valence-electron chi connectivity index (χ3n) is 9.34. The molecular formula is C40H49N2O2PSi. The lowest BCUT2D eigenvalue weighted by Gasteiger charge is -2.42. The molecule has 0 saturated carbocycles. The zero-order valence-corrected chi connectivity index (χ0v) is 31.0. The quantitative estimate of drug-likeness (QED) is 0.0880. The Balaban J connectivity index is 1.88. The van der Waals surface area contributed by atoms with E-state index in [9.17, 15) is 0 Å². The average molecular weight is 649 g/mol. The monoisotopic (exact) mass is 648 g/mol. The molecule has 0 aliphatic rings. The minimum absolute atomic E-state index is 0.422. The van der Waals surface area contributed by atoms with E-state index in [1.54, 1.807) is 7.11 Å². The van der Waals surface area contributed by atoms with Gasteiger partial charge >= 0.3 is 0 Å². The number of anilines is 1. The Kier molecular flexibility index (Phi) is 10.1. The molecule has 5 aromatic rings. The number of methoxy groups -OCH3 is 1. The molecule has 4 nitrogen and oxygen atoms in total. The summed E-state index contributed by atoms with van der Waals surface area (Å²) in [6.07, 6.45) is 0. The number of hydrazone groups is 1. The highest BCUT2D eigenvalue weighted by Gasteiger charge is 2.48. The van der Waals surface area contributed by atoms with E-state index in [0.29, 0.717) is 16.6 Å². The fourth-order valence-corrected chi connectivity index (χ4v) is 15.5. The van der Waals surface area contributed by atoms with Gasteiger partial charge in [0.2, 0.25) is 0 Å². The fraction of sp³-hybridized carbons (Fsp3) is 0.325.